The Balaban J connectivity index is 1.55. The van der Waals surface area contributed by atoms with E-state index in [1.54, 1.807) is 0 Å². The van der Waals surface area contributed by atoms with E-state index in [1.807, 2.05) is 0 Å². The van der Waals surface area contributed by atoms with Gasteiger partial charge in [0.05, 0.1) is 4.86 Å². The highest BCUT2D eigenvalue weighted by atomic mass is 32.1. The maximum atomic E-state index is 6.51. The summed E-state index contributed by atoms with van der Waals surface area (Å²) in [5.74, 6) is 0. The molecule has 0 atom stereocenters. The van der Waals surface area contributed by atoms with Gasteiger partial charge in [-0.3, -0.25) is 0 Å². The van der Waals surface area contributed by atoms with Gasteiger partial charge in [-0.05, 0) is 61.5 Å². The minimum absolute atomic E-state index is 0.807. The van der Waals surface area contributed by atoms with Crippen LogP contribution in [0, 0.1) is 13.8 Å². The van der Waals surface area contributed by atoms with Crippen LogP contribution in [0.4, 0.5) is 0 Å². The standard InChI is InChI=1S/C39H32P2S/c1-29-23-25-35(37(27-29)40(31-15-7-3-8-16-31)32-17-9-4-10-18-32)39(42)36-26-24-30(2)28-38(36)41(33-19-11-5-12-20-33)34-21-13-6-14-22-34/h3-28H,1-2H3. The van der Waals surface area contributed by atoms with Gasteiger partial charge in [-0.25, -0.2) is 0 Å². The molecule has 6 aromatic carbocycles. The van der Waals surface area contributed by atoms with Crippen molar-refractivity contribution in [3.8, 4) is 0 Å². The Morgan fingerprint density at radius 2 is 0.690 bits per heavy atom. The minimum Gasteiger partial charge on any atom is -0.0787 e. The zero-order chi connectivity index (χ0) is 28.9. The van der Waals surface area contributed by atoms with Crippen LogP contribution >= 0.6 is 28.1 Å². The van der Waals surface area contributed by atoms with E-state index in [0.717, 1.165) is 16.0 Å². The lowest BCUT2D eigenvalue weighted by Crippen LogP contribution is -2.29. The Kier molecular flexibility index (Phi) is 8.83. The van der Waals surface area contributed by atoms with E-state index >= 15 is 0 Å². The van der Waals surface area contributed by atoms with Gasteiger partial charge in [0.1, 0.15) is 0 Å². The zero-order valence-corrected chi connectivity index (χ0v) is 26.4. The van der Waals surface area contributed by atoms with Crippen LogP contribution in [0.25, 0.3) is 0 Å². The van der Waals surface area contributed by atoms with E-state index in [1.165, 1.54) is 43.0 Å². The molecule has 6 rings (SSSR count). The second-order valence-electron chi connectivity index (χ2n) is 10.4. The Bertz CT molecular complexity index is 1590. The van der Waals surface area contributed by atoms with Crippen LogP contribution in [0.15, 0.2) is 158 Å². The van der Waals surface area contributed by atoms with Crippen LogP contribution in [-0.4, -0.2) is 4.86 Å². The smallest absolute Gasteiger partial charge is 0.0535 e. The molecule has 204 valence electrons. The Morgan fingerprint density at radius 1 is 0.405 bits per heavy atom. The fraction of sp³-hybridized carbons (Fsp3) is 0.0513. The highest BCUT2D eigenvalue weighted by molar-refractivity contribution is 7.83. The van der Waals surface area contributed by atoms with E-state index in [0.29, 0.717) is 0 Å². The van der Waals surface area contributed by atoms with Gasteiger partial charge in [-0.2, -0.15) is 0 Å². The predicted molar refractivity (Wildman–Crippen MR) is 191 cm³/mol. The third kappa shape index (κ3) is 6.06. The zero-order valence-electron chi connectivity index (χ0n) is 23.8. The van der Waals surface area contributed by atoms with Crippen molar-refractivity contribution in [3.05, 3.63) is 180 Å². The van der Waals surface area contributed by atoms with E-state index in [2.05, 4.69) is 172 Å². The molecule has 3 heteroatoms. The number of rotatable bonds is 8. The molecule has 0 fully saturated rings. The summed E-state index contributed by atoms with van der Waals surface area (Å²) in [4.78, 5) is 0.915. The minimum atomic E-state index is -0.807. The average molecular weight is 595 g/mol. The van der Waals surface area contributed by atoms with E-state index in [-0.39, 0.29) is 0 Å². The molecule has 0 aliphatic heterocycles. The molecule has 0 heterocycles. The van der Waals surface area contributed by atoms with Gasteiger partial charge in [0.2, 0.25) is 0 Å². The number of benzene rings is 6. The van der Waals surface area contributed by atoms with Crippen molar-refractivity contribution in [2.45, 2.75) is 13.8 Å². The average Bonchev–Trinajstić information content (AvgIpc) is 3.03. The first-order chi connectivity index (χ1) is 20.6. The first kappa shape index (κ1) is 28.4. The van der Waals surface area contributed by atoms with Crippen LogP contribution in [0.2, 0.25) is 0 Å². The second kappa shape index (κ2) is 13.1. The molecule has 6 aromatic rings. The lowest BCUT2D eigenvalue weighted by Gasteiger charge is -2.26. The molecule has 0 aliphatic carbocycles. The van der Waals surface area contributed by atoms with Crippen LogP contribution in [-0.2, 0) is 0 Å². The van der Waals surface area contributed by atoms with Gasteiger partial charge >= 0.3 is 0 Å². The Morgan fingerprint density at radius 3 is 0.976 bits per heavy atom. The molecule has 0 aromatic heterocycles. The molecule has 0 unspecified atom stereocenters. The lowest BCUT2D eigenvalue weighted by atomic mass is 10.0. The van der Waals surface area contributed by atoms with Crippen LogP contribution < -0.4 is 31.8 Å². The molecule has 0 bridgehead atoms. The molecule has 0 amide bonds. The summed E-state index contributed by atoms with van der Waals surface area (Å²) in [7, 11) is -1.61. The predicted octanol–water partition coefficient (Wildman–Crippen LogP) is 7.59. The number of hydrogen-bond acceptors (Lipinski definition) is 1. The van der Waals surface area contributed by atoms with Crippen molar-refractivity contribution in [1.29, 1.82) is 0 Å². The molecule has 0 radical (unpaired) electrons. The molecule has 42 heavy (non-hydrogen) atoms. The summed E-state index contributed by atoms with van der Waals surface area (Å²) in [6.45, 7) is 4.36. The van der Waals surface area contributed by atoms with Gasteiger partial charge in [0, 0.05) is 11.1 Å². The molecule has 0 nitrogen and oxygen atoms in total. The number of hydrogen-bond donors (Lipinski definition) is 0. The van der Waals surface area contributed by atoms with Gasteiger partial charge in [-0.15, -0.1) is 0 Å². The van der Waals surface area contributed by atoms with Gasteiger partial charge in [0.15, 0.2) is 0 Å². The van der Waals surface area contributed by atoms with Gasteiger partial charge in [-0.1, -0.05) is 181 Å². The summed E-state index contributed by atoms with van der Waals surface area (Å²) >= 11 is 6.51. The van der Waals surface area contributed by atoms with E-state index in [9.17, 15) is 0 Å². The summed E-state index contributed by atoms with van der Waals surface area (Å²) in [5, 5.41) is 7.92. The fourth-order valence-electron chi connectivity index (χ4n) is 5.35. The molecule has 0 saturated carbocycles. The third-order valence-electron chi connectivity index (χ3n) is 7.34. The van der Waals surface area contributed by atoms with Crippen molar-refractivity contribution >= 4 is 64.8 Å². The SMILES string of the molecule is Cc1ccc(C(=S)c2ccc(C)cc2P(c2ccccc2)c2ccccc2)c(P(c2ccccc2)c2ccccc2)c1. The molecule has 0 N–H and O–H groups in total. The van der Waals surface area contributed by atoms with Crippen molar-refractivity contribution in [3.63, 3.8) is 0 Å². The molecular weight excluding hydrogens is 562 g/mol. The van der Waals surface area contributed by atoms with E-state index in [4.69, 9.17) is 12.2 Å². The van der Waals surface area contributed by atoms with Crippen LogP contribution in [0.5, 0.6) is 0 Å². The monoisotopic (exact) mass is 594 g/mol. The third-order valence-corrected chi connectivity index (χ3v) is 12.7. The normalized spacial score (nSPS) is 11.1. The van der Waals surface area contributed by atoms with Crippen molar-refractivity contribution in [1.82, 2.24) is 0 Å². The lowest BCUT2D eigenvalue weighted by molar-refractivity contribution is 1.47. The molecular formula is C39H32P2S. The molecule has 0 spiro atoms. The first-order valence-electron chi connectivity index (χ1n) is 14.2. The summed E-state index contributed by atoms with van der Waals surface area (Å²) in [6, 6.07) is 57.3. The Hall–Kier alpha value is -3.73. The maximum Gasteiger partial charge on any atom is 0.0535 e. The van der Waals surface area contributed by atoms with Gasteiger partial charge in [0.25, 0.3) is 0 Å². The van der Waals surface area contributed by atoms with Crippen LogP contribution in [0.1, 0.15) is 22.3 Å². The first-order valence-corrected chi connectivity index (χ1v) is 17.3. The summed E-state index contributed by atoms with van der Waals surface area (Å²) < 4.78 is 0. The fourth-order valence-corrected chi connectivity index (χ4v) is 11.0. The van der Waals surface area contributed by atoms with Crippen molar-refractivity contribution in [2.75, 3.05) is 0 Å². The maximum absolute atomic E-state index is 6.51. The highest BCUT2D eigenvalue weighted by Crippen LogP contribution is 2.38. The van der Waals surface area contributed by atoms with Crippen molar-refractivity contribution < 1.29 is 0 Å². The topological polar surface area (TPSA) is 0 Å². The van der Waals surface area contributed by atoms with Crippen molar-refractivity contribution in [2.24, 2.45) is 0 Å². The largest absolute Gasteiger partial charge is 0.0787 e. The summed E-state index contributed by atoms with van der Waals surface area (Å²) in [6.07, 6.45) is 0. The second-order valence-corrected chi connectivity index (χ2v) is 15.2. The Labute approximate surface area is 257 Å². The molecule has 0 saturated heterocycles. The van der Waals surface area contributed by atoms with E-state index < -0.39 is 15.8 Å². The highest BCUT2D eigenvalue weighted by Gasteiger charge is 2.26. The van der Waals surface area contributed by atoms with Gasteiger partial charge < -0.3 is 0 Å². The summed E-state index contributed by atoms with van der Waals surface area (Å²) in [5.41, 5.74) is 4.79. The molecule has 0 aliphatic rings. The number of thiocarbonyl (C=S) groups is 1. The quantitative estimate of drug-likeness (QED) is 0.0995. The van der Waals surface area contributed by atoms with Crippen LogP contribution in [0.3, 0.4) is 0 Å². The number of aryl methyl sites for hydroxylation is 2.